The Bertz CT molecular complexity index is 346. The predicted octanol–water partition coefficient (Wildman–Crippen LogP) is 2.65. The Morgan fingerprint density at radius 2 is 1.79 bits per heavy atom. The van der Waals surface area contributed by atoms with E-state index in [4.69, 9.17) is 5.11 Å². The number of carbonyl (C=O) groups is 1. The van der Waals surface area contributed by atoms with Crippen LogP contribution in [0.3, 0.4) is 0 Å². The Hall–Kier alpha value is -1.57. The lowest BCUT2D eigenvalue weighted by Gasteiger charge is -2.04. The van der Waals surface area contributed by atoms with Crippen LogP contribution in [0, 0.1) is 0 Å². The fourth-order valence-electron chi connectivity index (χ4n) is 1.27. The zero-order valence-electron chi connectivity index (χ0n) is 8.45. The van der Waals surface area contributed by atoms with E-state index in [1.165, 1.54) is 0 Å². The lowest BCUT2D eigenvalue weighted by molar-refractivity contribution is -0.132. The zero-order chi connectivity index (χ0) is 10.6. The van der Waals surface area contributed by atoms with Gasteiger partial charge >= 0.3 is 5.97 Å². The van der Waals surface area contributed by atoms with Crippen LogP contribution in [0.4, 0.5) is 0 Å². The maximum atomic E-state index is 10.9. The Labute approximate surface area is 83.9 Å². The largest absolute Gasteiger partial charge is 0.478 e. The lowest BCUT2D eigenvalue weighted by Crippen LogP contribution is -2.05. The van der Waals surface area contributed by atoms with Crippen molar-refractivity contribution in [3.63, 3.8) is 0 Å². The van der Waals surface area contributed by atoms with Crippen molar-refractivity contribution in [2.24, 2.45) is 0 Å². The van der Waals surface area contributed by atoms with Gasteiger partial charge in [0.05, 0.1) is 0 Å². The molecule has 0 bridgehead atoms. The van der Waals surface area contributed by atoms with Crippen LogP contribution in [-0.4, -0.2) is 11.1 Å². The molecule has 14 heavy (non-hydrogen) atoms. The van der Waals surface area contributed by atoms with Gasteiger partial charge in [-0.1, -0.05) is 35.9 Å². The van der Waals surface area contributed by atoms with Crippen LogP contribution < -0.4 is 0 Å². The summed E-state index contributed by atoms with van der Waals surface area (Å²) in [5, 5.41) is 8.95. The molecular formula is C12H14O2. The van der Waals surface area contributed by atoms with Gasteiger partial charge in [0.15, 0.2) is 0 Å². The summed E-state index contributed by atoms with van der Waals surface area (Å²) in [6.45, 7) is 3.65. The molecule has 2 nitrogen and oxygen atoms in total. The van der Waals surface area contributed by atoms with E-state index in [-0.39, 0.29) is 0 Å². The van der Waals surface area contributed by atoms with E-state index >= 15 is 0 Å². The molecule has 1 aromatic rings. The maximum absolute atomic E-state index is 10.9. The van der Waals surface area contributed by atoms with E-state index in [2.05, 4.69) is 0 Å². The number of rotatable bonds is 3. The first-order valence-electron chi connectivity index (χ1n) is 4.55. The average Bonchev–Trinajstić information content (AvgIpc) is 2.15. The molecule has 2 heteroatoms. The minimum absolute atomic E-state index is 0.483. The minimum Gasteiger partial charge on any atom is -0.478 e. The van der Waals surface area contributed by atoms with E-state index in [0.29, 0.717) is 12.0 Å². The summed E-state index contributed by atoms with van der Waals surface area (Å²) in [7, 11) is 0. The molecule has 0 aliphatic carbocycles. The van der Waals surface area contributed by atoms with E-state index in [9.17, 15) is 4.79 Å². The molecule has 0 spiro atoms. The molecule has 0 atom stereocenters. The zero-order valence-corrected chi connectivity index (χ0v) is 8.45. The summed E-state index contributed by atoms with van der Waals surface area (Å²) < 4.78 is 0. The number of carboxylic acids is 1. The molecule has 0 heterocycles. The molecule has 0 aromatic heterocycles. The van der Waals surface area contributed by atoms with Crippen molar-refractivity contribution >= 4 is 5.97 Å². The molecule has 1 N–H and O–H groups in total. The number of carboxylic acid groups (broad SMARTS) is 1. The van der Waals surface area contributed by atoms with Crippen LogP contribution in [0.1, 0.15) is 19.4 Å². The molecule has 0 fully saturated rings. The van der Waals surface area contributed by atoms with Crippen molar-refractivity contribution in [2.75, 3.05) is 0 Å². The summed E-state index contributed by atoms with van der Waals surface area (Å²) in [5.74, 6) is -0.825. The number of hydrogen-bond donors (Lipinski definition) is 1. The van der Waals surface area contributed by atoms with E-state index in [1.807, 2.05) is 44.2 Å². The molecular weight excluding hydrogens is 176 g/mol. The first-order chi connectivity index (χ1) is 6.61. The highest BCUT2D eigenvalue weighted by Crippen LogP contribution is 2.11. The van der Waals surface area contributed by atoms with Crippen molar-refractivity contribution in [1.29, 1.82) is 0 Å². The van der Waals surface area contributed by atoms with Gasteiger partial charge in [0.1, 0.15) is 0 Å². The highest BCUT2D eigenvalue weighted by molar-refractivity contribution is 5.87. The van der Waals surface area contributed by atoms with Crippen LogP contribution in [0.25, 0.3) is 0 Å². The van der Waals surface area contributed by atoms with Crippen LogP contribution >= 0.6 is 0 Å². The summed E-state index contributed by atoms with van der Waals surface area (Å²) in [6.07, 6.45) is 0.499. The fourth-order valence-corrected chi connectivity index (χ4v) is 1.27. The first kappa shape index (κ1) is 10.5. The van der Waals surface area contributed by atoms with Crippen molar-refractivity contribution in [2.45, 2.75) is 20.3 Å². The van der Waals surface area contributed by atoms with Gasteiger partial charge in [-0.15, -0.1) is 0 Å². The third-order valence-electron chi connectivity index (χ3n) is 2.09. The van der Waals surface area contributed by atoms with Crippen molar-refractivity contribution < 1.29 is 9.90 Å². The monoisotopic (exact) mass is 190 g/mol. The third-order valence-corrected chi connectivity index (χ3v) is 2.09. The fraction of sp³-hybridized carbons (Fsp3) is 0.250. The molecule has 0 saturated carbocycles. The molecule has 1 rings (SSSR count). The van der Waals surface area contributed by atoms with Gasteiger partial charge in [0.25, 0.3) is 0 Å². The van der Waals surface area contributed by atoms with Gasteiger partial charge in [-0.05, 0) is 19.4 Å². The van der Waals surface area contributed by atoms with Gasteiger partial charge in [0, 0.05) is 12.0 Å². The summed E-state index contributed by atoms with van der Waals surface area (Å²) in [4.78, 5) is 10.9. The smallest absolute Gasteiger partial charge is 0.331 e. The molecule has 0 aliphatic heterocycles. The third kappa shape index (κ3) is 2.73. The standard InChI is InChI=1S/C12H14O2/c1-9(2)11(12(13)14)8-10-6-4-3-5-7-10/h3-7H,8H2,1-2H3,(H,13,14). The highest BCUT2D eigenvalue weighted by Gasteiger charge is 2.09. The van der Waals surface area contributed by atoms with Crippen LogP contribution in [0.15, 0.2) is 41.5 Å². The molecule has 0 saturated heterocycles. The molecule has 1 aromatic carbocycles. The average molecular weight is 190 g/mol. The molecule has 0 unspecified atom stereocenters. The second-order valence-electron chi connectivity index (χ2n) is 3.45. The first-order valence-corrected chi connectivity index (χ1v) is 4.55. The van der Waals surface area contributed by atoms with Crippen LogP contribution in [-0.2, 0) is 11.2 Å². The maximum Gasteiger partial charge on any atom is 0.331 e. The number of hydrogen-bond acceptors (Lipinski definition) is 1. The SMILES string of the molecule is CC(C)=C(Cc1ccccc1)C(=O)O. The second kappa shape index (κ2) is 4.61. The van der Waals surface area contributed by atoms with Gasteiger partial charge in [-0.3, -0.25) is 0 Å². The van der Waals surface area contributed by atoms with E-state index in [0.717, 1.165) is 11.1 Å². The van der Waals surface area contributed by atoms with Crippen LogP contribution in [0.5, 0.6) is 0 Å². The van der Waals surface area contributed by atoms with E-state index in [1.54, 1.807) is 0 Å². The van der Waals surface area contributed by atoms with E-state index < -0.39 is 5.97 Å². The quantitative estimate of drug-likeness (QED) is 0.744. The predicted molar refractivity (Wildman–Crippen MR) is 56.2 cm³/mol. The minimum atomic E-state index is -0.825. The van der Waals surface area contributed by atoms with Gasteiger partial charge < -0.3 is 5.11 Å². The number of allylic oxidation sites excluding steroid dienone is 1. The summed E-state index contributed by atoms with van der Waals surface area (Å²) in [6, 6.07) is 9.63. The van der Waals surface area contributed by atoms with Crippen molar-refractivity contribution in [3.8, 4) is 0 Å². The van der Waals surface area contributed by atoms with Gasteiger partial charge in [-0.25, -0.2) is 4.79 Å². The molecule has 74 valence electrons. The van der Waals surface area contributed by atoms with Crippen molar-refractivity contribution in [1.82, 2.24) is 0 Å². The molecule has 0 radical (unpaired) electrons. The Balaban J connectivity index is 2.87. The topological polar surface area (TPSA) is 37.3 Å². The second-order valence-corrected chi connectivity index (χ2v) is 3.45. The summed E-state index contributed by atoms with van der Waals surface area (Å²) >= 11 is 0. The normalized spacial score (nSPS) is 9.57. The number of benzene rings is 1. The van der Waals surface area contributed by atoms with Crippen molar-refractivity contribution in [3.05, 3.63) is 47.0 Å². The van der Waals surface area contributed by atoms with Crippen LogP contribution in [0.2, 0.25) is 0 Å². The lowest BCUT2D eigenvalue weighted by atomic mass is 10.0. The van der Waals surface area contributed by atoms with Gasteiger partial charge in [-0.2, -0.15) is 0 Å². The Kier molecular flexibility index (Phi) is 3.46. The Morgan fingerprint density at radius 3 is 2.21 bits per heavy atom. The van der Waals surface area contributed by atoms with Gasteiger partial charge in [0.2, 0.25) is 0 Å². The number of aliphatic carboxylic acids is 1. The molecule has 0 aliphatic rings. The molecule has 0 amide bonds. The summed E-state index contributed by atoms with van der Waals surface area (Å²) in [5.41, 5.74) is 2.38. The highest BCUT2D eigenvalue weighted by atomic mass is 16.4. The Morgan fingerprint density at radius 1 is 1.21 bits per heavy atom.